The minimum Gasteiger partial charge on any atom is -0.726 e. The molecule has 0 saturated heterocycles. The van der Waals surface area contributed by atoms with Crippen molar-refractivity contribution in [3.8, 4) is 0 Å². The maximum atomic E-state index is 11.3. The summed E-state index contributed by atoms with van der Waals surface area (Å²) in [6.07, 6.45) is 0.478. The molecule has 0 radical (unpaired) electrons. The largest absolute Gasteiger partial charge is 1.00 e. The molecule has 0 aromatic heterocycles. The number of nitrogens with one attached hydrogen (secondary N) is 1. The Kier molecular flexibility index (Phi) is 15.0. The van der Waals surface area contributed by atoms with E-state index in [0.29, 0.717) is 6.42 Å². The molecule has 0 aromatic carbocycles. The third-order valence-electron chi connectivity index (χ3n) is 2.04. The van der Waals surface area contributed by atoms with E-state index < -0.39 is 40.8 Å². The number of hydrogen-bond donors (Lipinski definition) is 1. The zero-order valence-corrected chi connectivity index (χ0v) is 16.2. The Balaban J connectivity index is -0.00000128. The van der Waals surface area contributed by atoms with Crippen LogP contribution in [0.3, 0.4) is 0 Å². The molecule has 0 saturated carbocycles. The number of amides is 1. The van der Waals surface area contributed by atoms with Gasteiger partial charge in [-0.25, -0.2) is 8.42 Å². The second-order valence-corrected chi connectivity index (χ2v) is 4.43. The molecule has 1 amide bonds. The molecule has 100 valence electrons. The molecule has 8 nitrogen and oxygen atoms in total. The van der Waals surface area contributed by atoms with Gasteiger partial charge in [-0.1, -0.05) is 13.8 Å². The Morgan fingerprint density at radius 3 is 2.11 bits per heavy atom. The van der Waals surface area contributed by atoms with Crippen molar-refractivity contribution in [3.05, 3.63) is 0 Å². The van der Waals surface area contributed by atoms with Gasteiger partial charge in [0, 0.05) is 5.92 Å². The van der Waals surface area contributed by atoms with Crippen LogP contribution in [-0.4, -0.2) is 37.5 Å². The Hall–Kier alpha value is 0.810. The number of aliphatic carboxylic acids is 1. The van der Waals surface area contributed by atoms with Gasteiger partial charge in [0.1, 0.15) is 0 Å². The van der Waals surface area contributed by atoms with Crippen molar-refractivity contribution < 1.29 is 91.0 Å². The van der Waals surface area contributed by atoms with Gasteiger partial charge in [-0.05, 0) is 6.42 Å². The van der Waals surface area contributed by atoms with E-state index in [0.717, 1.165) is 0 Å². The molecule has 0 bridgehead atoms. The minimum atomic E-state index is -5.01. The van der Waals surface area contributed by atoms with E-state index in [1.807, 2.05) is 5.32 Å². The summed E-state index contributed by atoms with van der Waals surface area (Å²) in [5.41, 5.74) is 0. The third-order valence-corrected chi connectivity index (χ3v) is 2.46. The first-order valence-electron chi connectivity index (χ1n) is 4.78. The van der Waals surface area contributed by atoms with Crippen molar-refractivity contribution in [1.82, 2.24) is 5.32 Å². The Bertz CT molecular complexity index is 387. The number of carbonyl (C=O) groups excluding carboxylic acids is 2. The van der Waals surface area contributed by atoms with Crippen molar-refractivity contribution in [2.24, 2.45) is 5.92 Å². The van der Waals surface area contributed by atoms with Gasteiger partial charge in [0.15, 0.2) is 0 Å². The summed E-state index contributed by atoms with van der Waals surface area (Å²) in [5, 5.41) is 12.6. The molecule has 0 aliphatic carbocycles. The van der Waals surface area contributed by atoms with E-state index in [4.69, 9.17) is 0 Å². The monoisotopic (exact) mass is 313 g/mol. The van der Waals surface area contributed by atoms with Crippen LogP contribution in [0.1, 0.15) is 20.3 Å². The second kappa shape index (κ2) is 11.5. The van der Waals surface area contributed by atoms with Crippen molar-refractivity contribution in [2.45, 2.75) is 26.3 Å². The van der Waals surface area contributed by atoms with Crippen molar-refractivity contribution in [2.75, 3.05) is 6.61 Å². The van der Waals surface area contributed by atoms with Gasteiger partial charge in [-0.3, -0.25) is 8.98 Å². The first-order chi connectivity index (χ1) is 7.67. The fraction of sp³-hybridized carbons (Fsp3) is 0.750. The van der Waals surface area contributed by atoms with E-state index in [1.165, 1.54) is 0 Å². The molecular formula is C8H13NNa2O7S. The van der Waals surface area contributed by atoms with Crippen LogP contribution in [-0.2, 0) is 24.2 Å². The number of hydrogen-bond acceptors (Lipinski definition) is 7. The quantitative estimate of drug-likeness (QED) is 0.280. The normalized spacial score (nSPS) is 13.4. The van der Waals surface area contributed by atoms with Crippen LogP contribution >= 0.6 is 0 Å². The van der Waals surface area contributed by atoms with Crippen molar-refractivity contribution >= 4 is 22.3 Å². The Morgan fingerprint density at radius 2 is 1.79 bits per heavy atom. The Labute approximate surface area is 156 Å². The molecule has 1 N–H and O–H groups in total. The summed E-state index contributed by atoms with van der Waals surface area (Å²) in [4.78, 5) is 21.9. The first-order valence-corrected chi connectivity index (χ1v) is 6.12. The molecule has 0 rings (SSSR count). The molecule has 2 atom stereocenters. The fourth-order valence-electron chi connectivity index (χ4n) is 0.819. The van der Waals surface area contributed by atoms with E-state index in [2.05, 4.69) is 4.18 Å². The van der Waals surface area contributed by atoms with Crippen LogP contribution in [0.2, 0.25) is 0 Å². The molecule has 0 aliphatic heterocycles. The molecule has 0 aliphatic rings. The maximum absolute atomic E-state index is 11.3. The first kappa shape index (κ1) is 24.8. The molecule has 0 spiro atoms. The average Bonchev–Trinajstić information content (AvgIpc) is 2.20. The van der Waals surface area contributed by atoms with Crippen LogP contribution in [0, 0.1) is 5.92 Å². The molecular weight excluding hydrogens is 300 g/mol. The zero-order chi connectivity index (χ0) is 13.6. The summed E-state index contributed by atoms with van der Waals surface area (Å²) in [5.74, 6) is -2.76. The Morgan fingerprint density at radius 1 is 1.32 bits per heavy atom. The van der Waals surface area contributed by atoms with E-state index in [1.54, 1.807) is 13.8 Å². The SMILES string of the molecule is CCC(C)C(=O)N[C@H](COS(=O)(=O)[O-])C(=O)[O-].[Na+].[Na+]. The predicted molar refractivity (Wildman–Crippen MR) is 52.0 cm³/mol. The topological polar surface area (TPSA) is 136 Å². The molecule has 0 fully saturated rings. The number of carbonyl (C=O) groups is 2. The average molecular weight is 313 g/mol. The summed E-state index contributed by atoms with van der Waals surface area (Å²) in [6.45, 7) is 2.29. The number of rotatable bonds is 7. The van der Waals surface area contributed by atoms with Gasteiger partial charge in [0.05, 0.1) is 18.6 Å². The summed E-state index contributed by atoms with van der Waals surface area (Å²) in [7, 11) is -5.01. The van der Waals surface area contributed by atoms with Gasteiger partial charge in [0.2, 0.25) is 16.3 Å². The summed E-state index contributed by atoms with van der Waals surface area (Å²) >= 11 is 0. The second-order valence-electron chi connectivity index (χ2n) is 3.38. The van der Waals surface area contributed by atoms with Crippen LogP contribution in [0.5, 0.6) is 0 Å². The van der Waals surface area contributed by atoms with Crippen molar-refractivity contribution in [3.63, 3.8) is 0 Å². The van der Waals surface area contributed by atoms with Gasteiger partial charge in [0.25, 0.3) is 0 Å². The fourth-order valence-corrected chi connectivity index (χ4v) is 1.12. The maximum Gasteiger partial charge on any atom is 1.00 e. The number of carboxylic acid groups (broad SMARTS) is 1. The smallest absolute Gasteiger partial charge is 0.726 e. The molecule has 19 heavy (non-hydrogen) atoms. The van der Waals surface area contributed by atoms with Crippen LogP contribution < -0.4 is 69.5 Å². The molecule has 1 unspecified atom stereocenters. The standard InChI is InChI=1S/C8H15NO7S.2Na/c1-3-5(2)7(10)9-6(8(11)12)4-16-17(13,14)15;;/h5-6H,3-4H2,1-2H3,(H,9,10)(H,11,12)(H,13,14,15);;/q;2*+1/p-2/t5?,6-;;/m1../s1. The van der Waals surface area contributed by atoms with Crippen LogP contribution in [0.25, 0.3) is 0 Å². The third kappa shape index (κ3) is 12.3. The summed E-state index contributed by atoms with van der Waals surface area (Å²) < 4.78 is 34.1. The van der Waals surface area contributed by atoms with E-state index in [9.17, 15) is 27.7 Å². The predicted octanol–water partition coefficient (Wildman–Crippen LogP) is -8.25. The van der Waals surface area contributed by atoms with Gasteiger partial charge in [-0.2, -0.15) is 0 Å². The van der Waals surface area contributed by atoms with Gasteiger partial charge < -0.3 is 19.8 Å². The van der Waals surface area contributed by atoms with Crippen molar-refractivity contribution in [1.29, 1.82) is 0 Å². The molecule has 11 heteroatoms. The van der Waals surface area contributed by atoms with E-state index >= 15 is 0 Å². The van der Waals surface area contributed by atoms with Gasteiger partial charge in [-0.15, -0.1) is 0 Å². The van der Waals surface area contributed by atoms with E-state index in [-0.39, 0.29) is 59.1 Å². The molecule has 0 aromatic rings. The zero-order valence-electron chi connectivity index (χ0n) is 11.3. The van der Waals surface area contributed by atoms with Crippen LogP contribution in [0.4, 0.5) is 0 Å². The van der Waals surface area contributed by atoms with Gasteiger partial charge >= 0.3 is 59.1 Å². The van der Waals surface area contributed by atoms with Crippen LogP contribution in [0.15, 0.2) is 0 Å². The molecule has 0 heterocycles. The number of carboxylic acids is 1. The minimum absolute atomic E-state index is 0. The summed E-state index contributed by atoms with van der Waals surface area (Å²) in [6, 6.07) is -1.68.